The molecule has 9 unspecified atom stereocenters. The molecular formula is C43H68O16. The van der Waals surface area contributed by atoms with Crippen molar-refractivity contribution < 1.29 is 76.1 Å². The summed E-state index contributed by atoms with van der Waals surface area (Å²) in [5.74, 6) is -3.12. The van der Waals surface area contributed by atoms with Gasteiger partial charge >= 0.3 is 35.8 Å². The van der Waals surface area contributed by atoms with Gasteiger partial charge in [-0.3, -0.25) is 19.2 Å². The van der Waals surface area contributed by atoms with E-state index in [9.17, 15) is 28.8 Å². The molecule has 6 fully saturated rings. The van der Waals surface area contributed by atoms with Gasteiger partial charge in [-0.05, 0) is 101 Å². The van der Waals surface area contributed by atoms with Gasteiger partial charge in [-0.2, -0.15) is 0 Å². The van der Waals surface area contributed by atoms with Gasteiger partial charge in [0, 0.05) is 18.3 Å². The number of cyclic esters (lactones) is 1. The fourth-order valence-corrected chi connectivity index (χ4v) is 7.41. The van der Waals surface area contributed by atoms with Crippen LogP contribution in [-0.2, 0) is 76.1 Å². The van der Waals surface area contributed by atoms with Crippen LogP contribution in [0.3, 0.4) is 0 Å². The number of ether oxygens (including phenoxy) is 10. The van der Waals surface area contributed by atoms with E-state index in [0.29, 0.717) is 32.5 Å². The van der Waals surface area contributed by atoms with Gasteiger partial charge in [0.15, 0.2) is 18.2 Å². The fourth-order valence-electron chi connectivity index (χ4n) is 7.41. The molecule has 0 radical (unpaired) electrons. The standard InChI is InChI=1S/C17H30O6.C16H22O6.C10H16O4/c1-8-15(2,3)14(18)19-9-11-13(23-17(6,7)22-11)12-10-20-16(4,5)21-12;1-4-16(2,3)15(19)20-7-11(17)21-12-8-5-9-10(6-8)14(18)22-13(9)12;1-4-10(2,3)9(12)14-7-5-6-13-8(7)11/h11-13H,8-10H2,1-7H3;8-10,12-13H,4-7H2,1-3H3;7H,4-6H2,1-3H3. The molecule has 0 aromatic heterocycles. The largest absolute Gasteiger partial charge is 0.463 e. The Labute approximate surface area is 348 Å². The quantitative estimate of drug-likeness (QED) is 0.169. The molecule has 2 aliphatic carbocycles. The number of rotatable bonds is 13. The van der Waals surface area contributed by atoms with Crippen molar-refractivity contribution in [2.24, 2.45) is 34.0 Å². The van der Waals surface area contributed by atoms with Gasteiger partial charge in [-0.1, -0.05) is 20.8 Å². The van der Waals surface area contributed by atoms with Crippen molar-refractivity contribution in [2.75, 3.05) is 26.4 Å². The smallest absolute Gasteiger partial charge is 0.347 e. The average molecular weight is 841 g/mol. The summed E-state index contributed by atoms with van der Waals surface area (Å²) in [7, 11) is 0. The summed E-state index contributed by atoms with van der Waals surface area (Å²) in [6.07, 6.45) is 1.82. The minimum atomic E-state index is -0.738. The first-order chi connectivity index (χ1) is 27.3. The molecule has 6 rings (SSSR count). The predicted molar refractivity (Wildman–Crippen MR) is 208 cm³/mol. The number of carbonyl (C=O) groups excluding carboxylic acids is 6. The normalized spacial score (nSPS) is 31.2. The molecule has 0 amide bonds. The zero-order valence-corrected chi connectivity index (χ0v) is 37.3. The van der Waals surface area contributed by atoms with Crippen LogP contribution < -0.4 is 0 Å². The van der Waals surface area contributed by atoms with Gasteiger partial charge in [0.2, 0.25) is 6.10 Å². The summed E-state index contributed by atoms with van der Waals surface area (Å²) in [6.45, 7) is 24.6. The van der Waals surface area contributed by atoms with Crippen molar-refractivity contribution >= 4 is 35.8 Å². The molecule has 9 atom stereocenters. The van der Waals surface area contributed by atoms with E-state index in [-0.39, 0.29) is 79.4 Å². The Kier molecular flexibility index (Phi) is 15.3. The minimum Gasteiger partial charge on any atom is -0.463 e. The first-order valence-electron chi connectivity index (χ1n) is 21.1. The summed E-state index contributed by atoms with van der Waals surface area (Å²) in [5.41, 5.74) is -1.64. The SMILES string of the molecule is CCC(C)(C)C(=O)OC1CCOC1=O.CCC(C)(C)C(=O)OCC(=O)OC1C2CC3C(=O)OC1C3C2.CCC(C)(C)C(=O)OCC1OC(C)(C)OC1C1COC(C)(C)O1. The summed E-state index contributed by atoms with van der Waals surface area (Å²) in [4.78, 5) is 70.2. The maximum Gasteiger partial charge on any atom is 0.347 e. The van der Waals surface area contributed by atoms with Gasteiger partial charge in [-0.15, -0.1) is 0 Å². The van der Waals surface area contributed by atoms with Crippen LogP contribution in [0.25, 0.3) is 0 Å². The van der Waals surface area contributed by atoms with Gasteiger partial charge in [0.1, 0.15) is 37.1 Å². The van der Waals surface area contributed by atoms with E-state index in [1.54, 1.807) is 27.7 Å². The molecule has 0 spiro atoms. The Bertz CT molecular complexity index is 1550. The number of hydrogen-bond donors (Lipinski definition) is 0. The topological polar surface area (TPSA) is 195 Å². The first kappa shape index (κ1) is 48.3. The van der Waals surface area contributed by atoms with Crippen LogP contribution in [0, 0.1) is 34.0 Å². The molecule has 6 aliphatic rings. The van der Waals surface area contributed by atoms with Crippen molar-refractivity contribution in [3.05, 3.63) is 0 Å². The summed E-state index contributed by atoms with van der Waals surface area (Å²) in [5, 5.41) is 0. The number of fused-ring (bicyclic) bond motifs is 1. The number of esters is 6. The van der Waals surface area contributed by atoms with Gasteiger partial charge < -0.3 is 47.4 Å². The van der Waals surface area contributed by atoms with E-state index in [0.717, 1.165) is 19.3 Å². The minimum absolute atomic E-state index is 0.00636. The Hall–Kier alpha value is -3.34. The summed E-state index contributed by atoms with van der Waals surface area (Å²) < 4.78 is 54.4. The predicted octanol–water partition coefficient (Wildman–Crippen LogP) is 5.38. The zero-order valence-electron chi connectivity index (χ0n) is 37.3. The lowest BCUT2D eigenvalue weighted by Crippen LogP contribution is -2.41. The van der Waals surface area contributed by atoms with E-state index < -0.39 is 51.8 Å². The van der Waals surface area contributed by atoms with E-state index in [2.05, 4.69) is 0 Å². The molecule has 0 aromatic carbocycles. The van der Waals surface area contributed by atoms with Gasteiger partial charge in [-0.25, -0.2) is 9.59 Å². The maximum atomic E-state index is 12.2. The molecule has 16 nitrogen and oxygen atoms in total. The molecule has 2 saturated carbocycles. The monoisotopic (exact) mass is 840 g/mol. The van der Waals surface area contributed by atoms with Crippen LogP contribution in [0.15, 0.2) is 0 Å². The van der Waals surface area contributed by atoms with E-state index >= 15 is 0 Å². The second-order valence-corrected chi connectivity index (χ2v) is 19.1. The lowest BCUT2D eigenvalue weighted by Gasteiger charge is -2.25. The van der Waals surface area contributed by atoms with Crippen LogP contribution >= 0.6 is 0 Å². The van der Waals surface area contributed by atoms with Crippen LogP contribution in [0.1, 0.15) is 129 Å². The third-order valence-electron chi connectivity index (χ3n) is 12.4. The van der Waals surface area contributed by atoms with Crippen LogP contribution in [0.2, 0.25) is 0 Å². The fraction of sp³-hybridized carbons (Fsp3) is 0.860. The third-order valence-corrected chi connectivity index (χ3v) is 12.4. The number of carbonyl (C=O) groups is 6. The molecule has 4 heterocycles. The molecule has 4 saturated heterocycles. The van der Waals surface area contributed by atoms with Crippen LogP contribution in [0.4, 0.5) is 0 Å². The highest BCUT2D eigenvalue weighted by atomic mass is 16.8. The molecule has 0 N–H and O–H groups in total. The van der Waals surface area contributed by atoms with Crippen molar-refractivity contribution in [3.63, 3.8) is 0 Å². The Balaban J connectivity index is 0.000000202. The second-order valence-electron chi connectivity index (χ2n) is 19.1. The zero-order chi connectivity index (χ0) is 44.3. The Morgan fingerprint density at radius 2 is 1.31 bits per heavy atom. The number of hydrogen-bond acceptors (Lipinski definition) is 16. The lowest BCUT2D eigenvalue weighted by atomic mass is 9.88. The molecule has 16 heteroatoms. The highest BCUT2D eigenvalue weighted by molar-refractivity contribution is 5.83. The van der Waals surface area contributed by atoms with E-state index in [4.69, 9.17) is 47.4 Å². The van der Waals surface area contributed by atoms with E-state index in [1.807, 2.05) is 62.3 Å². The molecule has 59 heavy (non-hydrogen) atoms. The lowest BCUT2D eigenvalue weighted by molar-refractivity contribution is -0.175. The highest BCUT2D eigenvalue weighted by Gasteiger charge is 2.63. The Morgan fingerprint density at radius 1 is 0.712 bits per heavy atom. The summed E-state index contributed by atoms with van der Waals surface area (Å²) >= 11 is 0. The van der Waals surface area contributed by atoms with Gasteiger partial charge in [0.05, 0.1) is 35.4 Å². The molecule has 0 aromatic rings. The van der Waals surface area contributed by atoms with Gasteiger partial charge in [0.25, 0.3) is 0 Å². The molecular weight excluding hydrogens is 772 g/mol. The average Bonchev–Trinajstić information content (AvgIpc) is 4.01. The van der Waals surface area contributed by atoms with E-state index in [1.165, 1.54) is 0 Å². The Morgan fingerprint density at radius 3 is 1.85 bits per heavy atom. The molecule has 2 bridgehead atoms. The first-order valence-corrected chi connectivity index (χ1v) is 21.1. The maximum absolute atomic E-state index is 12.2. The van der Waals surface area contributed by atoms with Crippen molar-refractivity contribution in [2.45, 2.75) is 177 Å². The van der Waals surface area contributed by atoms with Crippen LogP contribution in [0.5, 0.6) is 0 Å². The van der Waals surface area contributed by atoms with Crippen molar-refractivity contribution in [1.29, 1.82) is 0 Å². The van der Waals surface area contributed by atoms with Crippen LogP contribution in [-0.4, -0.2) is 110 Å². The molecule has 336 valence electrons. The molecule has 4 aliphatic heterocycles. The summed E-state index contributed by atoms with van der Waals surface area (Å²) in [6, 6.07) is 0. The second kappa shape index (κ2) is 18.7. The third kappa shape index (κ3) is 11.9. The van der Waals surface area contributed by atoms with Crippen molar-refractivity contribution in [1.82, 2.24) is 0 Å². The van der Waals surface area contributed by atoms with Crippen molar-refractivity contribution in [3.8, 4) is 0 Å². The highest BCUT2D eigenvalue weighted by Crippen LogP contribution is 2.55.